The van der Waals surface area contributed by atoms with Gasteiger partial charge in [-0.2, -0.15) is 0 Å². The number of benzene rings is 1. The van der Waals surface area contributed by atoms with Crippen molar-refractivity contribution in [3.8, 4) is 5.75 Å². The molecule has 3 N–H and O–H groups in total. The minimum atomic E-state index is -0.404. The van der Waals surface area contributed by atoms with Crippen molar-refractivity contribution in [3.05, 3.63) is 24.3 Å². The molecular weight excluding hydrogens is 365 g/mol. The normalized spacial score (nSPS) is 19.6. The topological polar surface area (TPSA) is 79.0 Å². The maximum atomic E-state index is 12.6. The van der Waals surface area contributed by atoms with Crippen LogP contribution in [0.25, 0.3) is 0 Å². The number of nitrogens with zero attached hydrogens (tertiary/aromatic N) is 2. The molecule has 2 heterocycles. The number of nitrogens with two attached hydrogens (primary N) is 1. The number of phenolic OH excluding ortho intramolecular Hbond substituents is 1. The van der Waals surface area contributed by atoms with Crippen LogP contribution in [-0.4, -0.2) is 61.3 Å². The zero-order valence-corrected chi connectivity index (χ0v) is 15.8. The van der Waals surface area contributed by atoms with Crippen molar-refractivity contribution >= 4 is 36.4 Å². The third-order valence-electron chi connectivity index (χ3n) is 4.87. The zero-order chi connectivity index (χ0) is 16.2. The maximum absolute atomic E-state index is 12.6. The van der Waals surface area contributed by atoms with Crippen LogP contribution in [0.5, 0.6) is 5.75 Å². The Kier molecular flexibility index (Phi) is 8.79. The largest absolute Gasteiger partial charge is 0.508 e. The van der Waals surface area contributed by atoms with E-state index in [9.17, 15) is 9.90 Å². The molecule has 1 aromatic rings. The van der Waals surface area contributed by atoms with E-state index in [0.717, 1.165) is 31.6 Å². The van der Waals surface area contributed by atoms with Crippen molar-refractivity contribution in [2.24, 2.45) is 11.7 Å². The lowest BCUT2D eigenvalue weighted by atomic mass is 9.91. The van der Waals surface area contributed by atoms with Crippen LogP contribution in [0.15, 0.2) is 24.3 Å². The predicted octanol–water partition coefficient (Wildman–Crippen LogP) is 1.64. The highest BCUT2D eigenvalue weighted by molar-refractivity contribution is 5.85. The van der Waals surface area contributed by atoms with Crippen molar-refractivity contribution in [2.75, 3.05) is 44.3 Å². The Balaban J connectivity index is 0.00000156. The van der Waals surface area contributed by atoms with E-state index < -0.39 is 6.04 Å². The average Bonchev–Trinajstić information content (AvgIpc) is 2.62. The molecule has 0 aliphatic carbocycles. The monoisotopic (exact) mass is 391 g/mol. The summed E-state index contributed by atoms with van der Waals surface area (Å²) in [6, 6.07) is 6.78. The molecule has 1 unspecified atom stereocenters. The van der Waals surface area contributed by atoms with Gasteiger partial charge < -0.3 is 25.4 Å². The summed E-state index contributed by atoms with van der Waals surface area (Å²) in [7, 11) is 0. The Morgan fingerprint density at radius 2 is 1.64 bits per heavy atom. The van der Waals surface area contributed by atoms with Crippen molar-refractivity contribution in [2.45, 2.75) is 18.9 Å². The highest BCUT2D eigenvalue weighted by atomic mass is 35.5. The highest BCUT2D eigenvalue weighted by Crippen LogP contribution is 2.22. The molecule has 25 heavy (non-hydrogen) atoms. The molecular formula is C17H27Cl2N3O3. The highest BCUT2D eigenvalue weighted by Gasteiger charge is 2.31. The van der Waals surface area contributed by atoms with Crippen LogP contribution in [0.3, 0.4) is 0 Å². The Labute approximate surface area is 161 Å². The number of ether oxygens (including phenoxy) is 1. The first kappa shape index (κ1) is 21.8. The molecule has 142 valence electrons. The summed E-state index contributed by atoms with van der Waals surface area (Å²) in [5, 5.41) is 9.36. The average molecular weight is 392 g/mol. The quantitative estimate of drug-likeness (QED) is 0.818. The molecule has 2 fully saturated rings. The number of halogens is 2. The molecule has 2 aliphatic heterocycles. The van der Waals surface area contributed by atoms with Gasteiger partial charge in [-0.3, -0.25) is 4.79 Å². The zero-order valence-electron chi connectivity index (χ0n) is 14.2. The molecule has 6 nitrogen and oxygen atoms in total. The number of carbonyl (C=O) groups excluding carboxylic acids is 1. The van der Waals surface area contributed by atoms with Crippen LogP contribution in [0, 0.1) is 5.92 Å². The fraction of sp³-hybridized carbons (Fsp3) is 0.588. The van der Waals surface area contributed by atoms with Gasteiger partial charge in [0, 0.05) is 45.1 Å². The fourth-order valence-electron chi connectivity index (χ4n) is 3.34. The number of rotatable bonds is 3. The molecule has 1 amide bonds. The van der Waals surface area contributed by atoms with Crippen LogP contribution >= 0.6 is 24.8 Å². The SMILES string of the molecule is Cl.Cl.NC(C(=O)N1CCN(c2ccc(O)cc2)CC1)C1CCOCC1. The Hall–Kier alpha value is -1.21. The first-order valence-corrected chi connectivity index (χ1v) is 8.31. The van der Waals surface area contributed by atoms with Crippen LogP contribution < -0.4 is 10.6 Å². The van der Waals surface area contributed by atoms with Crippen molar-refractivity contribution < 1.29 is 14.6 Å². The van der Waals surface area contributed by atoms with E-state index >= 15 is 0 Å². The Bertz CT molecular complexity index is 530. The molecule has 0 saturated carbocycles. The lowest BCUT2D eigenvalue weighted by molar-refractivity contribution is -0.135. The second-order valence-electron chi connectivity index (χ2n) is 6.30. The number of hydrogen-bond acceptors (Lipinski definition) is 5. The molecule has 8 heteroatoms. The summed E-state index contributed by atoms with van der Waals surface area (Å²) >= 11 is 0. The Morgan fingerprint density at radius 1 is 1.08 bits per heavy atom. The molecule has 2 saturated heterocycles. The first-order chi connectivity index (χ1) is 11.1. The van der Waals surface area contributed by atoms with Gasteiger partial charge in [0.2, 0.25) is 5.91 Å². The summed E-state index contributed by atoms with van der Waals surface area (Å²) in [4.78, 5) is 16.7. The minimum Gasteiger partial charge on any atom is -0.508 e. The van der Waals surface area contributed by atoms with Gasteiger partial charge in [0.05, 0.1) is 6.04 Å². The minimum absolute atomic E-state index is 0. The van der Waals surface area contributed by atoms with Gasteiger partial charge in [-0.15, -0.1) is 24.8 Å². The standard InChI is InChI=1S/C17H25N3O3.2ClH/c18-16(13-5-11-23-12-6-13)17(22)20-9-7-19(8-10-20)14-1-3-15(21)4-2-14;;/h1-4,13,16,21H,5-12,18H2;2*1H. The third-order valence-corrected chi connectivity index (χ3v) is 4.87. The van der Waals surface area contributed by atoms with Crippen molar-refractivity contribution in [1.82, 2.24) is 4.90 Å². The summed E-state index contributed by atoms with van der Waals surface area (Å²) in [6.07, 6.45) is 1.75. The van der Waals surface area contributed by atoms with Crippen molar-refractivity contribution in [1.29, 1.82) is 0 Å². The lowest BCUT2D eigenvalue weighted by Crippen LogP contribution is -2.55. The second-order valence-corrected chi connectivity index (χ2v) is 6.30. The van der Waals surface area contributed by atoms with Crippen LogP contribution in [0.4, 0.5) is 5.69 Å². The number of piperazine rings is 1. The van der Waals surface area contributed by atoms with Gasteiger partial charge in [-0.1, -0.05) is 0 Å². The molecule has 3 rings (SSSR count). The summed E-state index contributed by atoms with van der Waals surface area (Å²) in [5.74, 6) is 0.582. The molecule has 2 aliphatic rings. The van der Waals surface area contributed by atoms with Gasteiger partial charge in [-0.25, -0.2) is 0 Å². The molecule has 0 radical (unpaired) electrons. The number of hydrogen-bond donors (Lipinski definition) is 2. The number of carbonyl (C=O) groups is 1. The van der Waals surface area contributed by atoms with Crippen molar-refractivity contribution in [3.63, 3.8) is 0 Å². The molecule has 0 bridgehead atoms. The maximum Gasteiger partial charge on any atom is 0.239 e. The smallest absolute Gasteiger partial charge is 0.239 e. The van der Waals surface area contributed by atoms with Gasteiger partial charge >= 0.3 is 0 Å². The van der Waals surface area contributed by atoms with E-state index in [1.54, 1.807) is 12.1 Å². The van der Waals surface area contributed by atoms with E-state index in [-0.39, 0.29) is 42.4 Å². The molecule has 0 aromatic heterocycles. The van der Waals surface area contributed by atoms with E-state index in [4.69, 9.17) is 10.5 Å². The fourth-order valence-corrected chi connectivity index (χ4v) is 3.34. The predicted molar refractivity (Wildman–Crippen MR) is 103 cm³/mol. The molecule has 1 aromatic carbocycles. The van der Waals surface area contributed by atoms with Gasteiger partial charge in [0.1, 0.15) is 5.75 Å². The van der Waals surface area contributed by atoms with Crippen LogP contribution in [0.1, 0.15) is 12.8 Å². The van der Waals surface area contributed by atoms with Crippen LogP contribution in [0.2, 0.25) is 0 Å². The first-order valence-electron chi connectivity index (χ1n) is 8.31. The van der Waals surface area contributed by atoms with Crippen LogP contribution in [-0.2, 0) is 9.53 Å². The number of amides is 1. The number of aromatic hydroxyl groups is 1. The van der Waals surface area contributed by atoms with E-state index in [0.29, 0.717) is 26.3 Å². The van der Waals surface area contributed by atoms with E-state index in [1.807, 2.05) is 17.0 Å². The molecule has 1 atom stereocenters. The summed E-state index contributed by atoms with van der Waals surface area (Å²) in [5.41, 5.74) is 7.27. The lowest BCUT2D eigenvalue weighted by Gasteiger charge is -2.38. The number of phenols is 1. The third kappa shape index (κ3) is 5.38. The second kappa shape index (κ2) is 10.1. The number of anilines is 1. The van der Waals surface area contributed by atoms with Gasteiger partial charge in [0.25, 0.3) is 0 Å². The molecule has 0 spiro atoms. The van der Waals surface area contributed by atoms with Gasteiger partial charge in [0.15, 0.2) is 0 Å². The van der Waals surface area contributed by atoms with Gasteiger partial charge in [-0.05, 0) is 43.0 Å². The van der Waals surface area contributed by atoms with E-state index in [1.165, 1.54) is 0 Å². The van der Waals surface area contributed by atoms with E-state index in [2.05, 4.69) is 4.90 Å². The Morgan fingerprint density at radius 3 is 2.20 bits per heavy atom. The summed E-state index contributed by atoms with van der Waals surface area (Å²) < 4.78 is 5.34. The summed E-state index contributed by atoms with van der Waals surface area (Å²) in [6.45, 7) is 4.38.